The average molecular weight is 348 g/mol. The van der Waals surface area contributed by atoms with E-state index in [0.29, 0.717) is 17.2 Å². The molecule has 2 N–H and O–H groups in total. The SMILES string of the molecule is CCS(=O)C1CCCC(NC(=NC)NCC2Cc3ccccc32)C1. The van der Waals surface area contributed by atoms with Crippen LogP contribution >= 0.6 is 0 Å². The molecule has 1 aromatic rings. The lowest BCUT2D eigenvalue weighted by Gasteiger charge is -2.32. The number of hydrogen-bond acceptors (Lipinski definition) is 2. The molecule has 132 valence electrons. The van der Waals surface area contributed by atoms with Crippen LogP contribution < -0.4 is 10.6 Å². The quantitative estimate of drug-likeness (QED) is 0.636. The molecule has 1 aromatic carbocycles. The topological polar surface area (TPSA) is 53.5 Å². The van der Waals surface area contributed by atoms with Gasteiger partial charge in [0.05, 0.1) is 0 Å². The fourth-order valence-electron chi connectivity index (χ4n) is 3.90. The molecule has 4 nitrogen and oxygen atoms in total. The Morgan fingerprint density at radius 3 is 2.92 bits per heavy atom. The molecule has 1 fully saturated rings. The summed E-state index contributed by atoms with van der Waals surface area (Å²) in [6.07, 6.45) is 5.55. The number of aliphatic imine (C=N–C) groups is 1. The molecule has 0 radical (unpaired) electrons. The van der Waals surface area contributed by atoms with Crippen molar-refractivity contribution in [3.63, 3.8) is 0 Å². The van der Waals surface area contributed by atoms with Crippen LogP contribution in [0.2, 0.25) is 0 Å². The average Bonchev–Trinajstić information content (AvgIpc) is 2.61. The molecule has 4 unspecified atom stereocenters. The van der Waals surface area contributed by atoms with Gasteiger partial charge in [-0.1, -0.05) is 37.6 Å². The first-order valence-electron chi connectivity index (χ1n) is 9.13. The van der Waals surface area contributed by atoms with Crippen LogP contribution in [0, 0.1) is 0 Å². The van der Waals surface area contributed by atoms with E-state index in [9.17, 15) is 4.21 Å². The second-order valence-corrected chi connectivity index (χ2v) is 8.86. The number of rotatable bonds is 5. The van der Waals surface area contributed by atoms with Crippen molar-refractivity contribution >= 4 is 16.8 Å². The first-order chi connectivity index (χ1) is 11.7. The van der Waals surface area contributed by atoms with Crippen LogP contribution in [0.5, 0.6) is 0 Å². The van der Waals surface area contributed by atoms with Gasteiger partial charge in [-0.2, -0.15) is 0 Å². The summed E-state index contributed by atoms with van der Waals surface area (Å²) in [5.41, 5.74) is 2.95. The van der Waals surface area contributed by atoms with Crippen molar-refractivity contribution in [2.45, 2.75) is 56.2 Å². The molecule has 0 saturated heterocycles. The van der Waals surface area contributed by atoms with Crippen molar-refractivity contribution in [1.29, 1.82) is 0 Å². The molecule has 0 aliphatic heterocycles. The molecule has 0 heterocycles. The van der Waals surface area contributed by atoms with Crippen LogP contribution in [-0.2, 0) is 17.2 Å². The molecule has 0 spiro atoms. The first kappa shape index (κ1) is 17.5. The maximum Gasteiger partial charge on any atom is 0.191 e. The molecular weight excluding hydrogens is 318 g/mol. The number of nitrogens with one attached hydrogen (secondary N) is 2. The normalized spacial score (nSPS) is 27.8. The highest BCUT2D eigenvalue weighted by Gasteiger charge is 2.27. The van der Waals surface area contributed by atoms with Crippen molar-refractivity contribution in [2.75, 3.05) is 19.3 Å². The van der Waals surface area contributed by atoms with E-state index in [0.717, 1.165) is 50.4 Å². The lowest BCUT2D eigenvalue weighted by Crippen LogP contribution is -2.48. The van der Waals surface area contributed by atoms with Gasteiger partial charge in [0, 0.05) is 47.4 Å². The smallest absolute Gasteiger partial charge is 0.191 e. The molecule has 0 amide bonds. The van der Waals surface area contributed by atoms with Crippen molar-refractivity contribution in [2.24, 2.45) is 4.99 Å². The maximum atomic E-state index is 12.1. The monoisotopic (exact) mass is 347 g/mol. The maximum absolute atomic E-state index is 12.1. The van der Waals surface area contributed by atoms with Crippen molar-refractivity contribution in [3.8, 4) is 0 Å². The molecule has 3 rings (SSSR count). The molecule has 24 heavy (non-hydrogen) atoms. The summed E-state index contributed by atoms with van der Waals surface area (Å²) in [6.45, 7) is 2.94. The molecular formula is C19H29N3OS. The minimum Gasteiger partial charge on any atom is -0.356 e. The summed E-state index contributed by atoms with van der Waals surface area (Å²) in [4.78, 5) is 4.38. The summed E-state index contributed by atoms with van der Waals surface area (Å²) >= 11 is 0. The zero-order valence-corrected chi connectivity index (χ0v) is 15.6. The van der Waals surface area contributed by atoms with Crippen LogP contribution in [0.1, 0.15) is 49.7 Å². The van der Waals surface area contributed by atoms with Gasteiger partial charge in [0.1, 0.15) is 0 Å². The van der Waals surface area contributed by atoms with E-state index in [1.807, 2.05) is 14.0 Å². The van der Waals surface area contributed by atoms with Gasteiger partial charge in [-0.3, -0.25) is 9.20 Å². The predicted molar refractivity (Wildman–Crippen MR) is 102 cm³/mol. The van der Waals surface area contributed by atoms with E-state index in [2.05, 4.69) is 39.9 Å². The van der Waals surface area contributed by atoms with E-state index in [-0.39, 0.29) is 0 Å². The van der Waals surface area contributed by atoms with Gasteiger partial charge in [-0.25, -0.2) is 0 Å². The Balaban J connectivity index is 1.48. The molecule has 4 atom stereocenters. The Hall–Kier alpha value is -1.36. The lowest BCUT2D eigenvalue weighted by atomic mass is 9.78. The van der Waals surface area contributed by atoms with Crippen LogP contribution in [0.3, 0.4) is 0 Å². The molecule has 2 aliphatic rings. The summed E-state index contributed by atoms with van der Waals surface area (Å²) < 4.78 is 12.1. The highest BCUT2D eigenvalue weighted by atomic mass is 32.2. The van der Waals surface area contributed by atoms with Gasteiger partial charge in [-0.05, 0) is 36.8 Å². The van der Waals surface area contributed by atoms with Crippen LogP contribution in [0.15, 0.2) is 29.3 Å². The molecule has 0 aromatic heterocycles. The third-order valence-corrected chi connectivity index (χ3v) is 7.06. The second-order valence-electron chi connectivity index (χ2n) is 6.85. The Labute approximate surface area is 148 Å². The molecule has 1 saturated carbocycles. The zero-order chi connectivity index (χ0) is 16.9. The number of fused-ring (bicyclic) bond motifs is 1. The zero-order valence-electron chi connectivity index (χ0n) is 14.8. The van der Waals surface area contributed by atoms with E-state index >= 15 is 0 Å². The standard InChI is InChI=1S/C19H29N3OS/c1-3-24(23)17-9-6-8-16(12-17)22-19(20-2)21-13-15-11-14-7-4-5-10-18(14)15/h4-5,7,10,15-17H,3,6,8-9,11-13H2,1-2H3,(H2,20,21,22). The minimum absolute atomic E-state index is 0.345. The van der Waals surface area contributed by atoms with E-state index in [1.165, 1.54) is 11.1 Å². The second kappa shape index (κ2) is 8.15. The summed E-state index contributed by atoms with van der Waals surface area (Å²) in [6, 6.07) is 9.07. The van der Waals surface area contributed by atoms with Gasteiger partial charge in [0.15, 0.2) is 5.96 Å². The first-order valence-corrected chi connectivity index (χ1v) is 10.5. The van der Waals surface area contributed by atoms with Gasteiger partial charge < -0.3 is 10.6 Å². The number of hydrogen-bond donors (Lipinski definition) is 2. The Kier molecular flexibility index (Phi) is 5.93. The van der Waals surface area contributed by atoms with Gasteiger partial charge in [0.2, 0.25) is 0 Å². The van der Waals surface area contributed by atoms with Crippen LogP contribution in [0.25, 0.3) is 0 Å². The van der Waals surface area contributed by atoms with Crippen molar-refractivity contribution < 1.29 is 4.21 Å². The lowest BCUT2D eigenvalue weighted by molar-refractivity contribution is 0.412. The van der Waals surface area contributed by atoms with Gasteiger partial charge >= 0.3 is 0 Å². The van der Waals surface area contributed by atoms with Gasteiger partial charge in [0.25, 0.3) is 0 Å². The highest BCUT2D eigenvalue weighted by molar-refractivity contribution is 7.85. The number of benzene rings is 1. The highest BCUT2D eigenvalue weighted by Crippen LogP contribution is 2.34. The van der Waals surface area contributed by atoms with Crippen molar-refractivity contribution in [1.82, 2.24) is 10.6 Å². The predicted octanol–water partition coefficient (Wildman–Crippen LogP) is 2.57. The Bertz CT molecular complexity index is 616. The van der Waals surface area contributed by atoms with E-state index < -0.39 is 10.8 Å². The Morgan fingerprint density at radius 1 is 1.33 bits per heavy atom. The third-order valence-electron chi connectivity index (χ3n) is 5.32. The Morgan fingerprint density at radius 2 is 2.17 bits per heavy atom. The fourth-order valence-corrected chi connectivity index (χ4v) is 5.25. The van der Waals surface area contributed by atoms with Gasteiger partial charge in [-0.15, -0.1) is 0 Å². The molecule has 0 bridgehead atoms. The summed E-state index contributed by atoms with van der Waals surface area (Å²) in [7, 11) is 1.15. The van der Waals surface area contributed by atoms with Crippen LogP contribution in [-0.4, -0.2) is 40.8 Å². The number of nitrogens with zero attached hydrogens (tertiary/aromatic N) is 1. The van der Waals surface area contributed by atoms with Crippen molar-refractivity contribution in [3.05, 3.63) is 35.4 Å². The molecule has 2 aliphatic carbocycles. The van der Waals surface area contributed by atoms with Crippen LogP contribution in [0.4, 0.5) is 0 Å². The minimum atomic E-state index is -0.679. The fraction of sp³-hybridized carbons (Fsp3) is 0.632. The van der Waals surface area contributed by atoms with E-state index in [4.69, 9.17) is 0 Å². The largest absolute Gasteiger partial charge is 0.356 e. The summed E-state index contributed by atoms with van der Waals surface area (Å²) in [5.74, 6) is 2.24. The third kappa shape index (κ3) is 4.00. The summed E-state index contributed by atoms with van der Waals surface area (Å²) in [5, 5.41) is 7.37. The van der Waals surface area contributed by atoms with E-state index in [1.54, 1.807) is 0 Å². The molecule has 5 heteroatoms. The number of guanidine groups is 1.